The van der Waals surface area contributed by atoms with Crippen molar-refractivity contribution in [2.75, 3.05) is 11.9 Å². The van der Waals surface area contributed by atoms with Gasteiger partial charge in [-0.1, -0.05) is 32.0 Å². The fraction of sp³-hybridized carbons (Fsp3) is 0.467. The minimum absolute atomic E-state index is 0.0271. The fourth-order valence-electron chi connectivity index (χ4n) is 2.36. The highest BCUT2D eigenvalue weighted by Crippen LogP contribution is 2.33. The van der Waals surface area contributed by atoms with E-state index in [2.05, 4.69) is 10.6 Å². The summed E-state index contributed by atoms with van der Waals surface area (Å²) < 4.78 is 0. The Kier molecular flexibility index (Phi) is 4.20. The van der Waals surface area contributed by atoms with Crippen LogP contribution >= 0.6 is 0 Å². The van der Waals surface area contributed by atoms with E-state index in [1.807, 2.05) is 38.1 Å². The highest BCUT2D eigenvalue weighted by Gasteiger charge is 2.29. The third-order valence-corrected chi connectivity index (χ3v) is 3.26. The largest absolute Gasteiger partial charge is 0.356 e. The summed E-state index contributed by atoms with van der Waals surface area (Å²) in [7, 11) is 0. The molecule has 2 amide bonds. The van der Waals surface area contributed by atoms with Gasteiger partial charge in [0.05, 0.1) is 5.92 Å². The van der Waals surface area contributed by atoms with Crippen molar-refractivity contribution in [1.29, 1.82) is 0 Å². The maximum Gasteiger partial charge on any atom is 0.232 e. The lowest BCUT2D eigenvalue weighted by molar-refractivity contribution is -0.122. The van der Waals surface area contributed by atoms with E-state index in [9.17, 15) is 9.59 Å². The number of carbonyl (C=O) groups excluding carboxylic acids is 2. The molecule has 1 aromatic rings. The lowest BCUT2D eigenvalue weighted by Gasteiger charge is -2.10. The second-order valence-electron chi connectivity index (χ2n) is 5.37. The molecule has 0 saturated heterocycles. The topological polar surface area (TPSA) is 58.2 Å². The Bertz CT molecular complexity index is 483. The normalized spacial score (nSPS) is 17.2. The van der Waals surface area contributed by atoms with Gasteiger partial charge >= 0.3 is 0 Å². The summed E-state index contributed by atoms with van der Waals surface area (Å²) in [5.41, 5.74) is 1.93. The van der Waals surface area contributed by atoms with Crippen molar-refractivity contribution >= 4 is 17.5 Å². The molecule has 1 aliphatic rings. The molecule has 0 bridgehead atoms. The summed E-state index contributed by atoms with van der Waals surface area (Å²) >= 11 is 0. The van der Waals surface area contributed by atoms with E-state index >= 15 is 0 Å². The molecule has 102 valence electrons. The van der Waals surface area contributed by atoms with Gasteiger partial charge < -0.3 is 10.6 Å². The Labute approximate surface area is 113 Å². The third-order valence-electron chi connectivity index (χ3n) is 3.26. The average molecular weight is 260 g/mol. The number of anilines is 1. The van der Waals surface area contributed by atoms with Gasteiger partial charge in [0.2, 0.25) is 11.8 Å². The number of benzene rings is 1. The summed E-state index contributed by atoms with van der Waals surface area (Å²) in [5.74, 6) is 0.298. The van der Waals surface area contributed by atoms with Gasteiger partial charge in [-0.05, 0) is 24.0 Å². The molecule has 1 unspecified atom stereocenters. The predicted octanol–water partition coefficient (Wildman–Crippen LogP) is 2.27. The average Bonchev–Trinajstić information content (AvgIpc) is 2.65. The summed E-state index contributed by atoms with van der Waals surface area (Å²) in [5, 5.41) is 5.74. The van der Waals surface area contributed by atoms with Crippen molar-refractivity contribution in [3.63, 3.8) is 0 Å². The predicted molar refractivity (Wildman–Crippen MR) is 74.9 cm³/mol. The molecule has 1 heterocycles. The number of hydrogen-bond donors (Lipinski definition) is 2. The van der Waals surface area contributed by atoms with Crippen LogP contribution in [-0.2, 0) is 9.59 Å². The number of fused-ring (bicyclic) bond motifs is 1. The molecule has 19 heavy (non-hydrogen) atoms. The maximum atomic E-state index is 11.9. The molecule has 0 radical (unpaired) electrons. The van der Waals surface area contributed by atoms with Crippen molar-refractivity contribution in [1.82, 2.24) is 5.32 Å². The standard InChI is InChI=1S/C15H20N2O2/c1-10(2)9-14(18)16-8-7-12-11-5-3-4-6-13(11)17-15(12)19/h3-6,10,12H,7-9H2,1-2H3,(H,16,18)(H,17,19). The van der Waals surface area contributed by atoms with E-state index in [4.69, 9.17) is 0 Å². The summed E-state index contributed by atoms with van der Waals surface area (Å²) in [6, 6.07) is 7.72. The lowest BCUT2D eigenvalue weighted by atomic mass is 9.97. The van der Waals surface area contributed by atoms with Crippen LogP contribution in [0.3, 0.4) is 0 Å². The molecule has 4 nitrogen and oxygen atoms in total. The Balaban J connectivity index is 1.87. The Hall–Kier alpha value is -1.84. The first-order valence-electron chi connectivity index (χ1n) is 6.74. The molecule has 0 spiro atoms. The van der Waals surface area contributed by atoms with Crippen LogP contribution in [-0.4, -0.2) is 18.4 Å². The Morgan fingerprint density at radius 3 is 2.84 bits per heavy atom. The van der Waals surface area contributed by atoms with Crippen LogP contribution < -0.4 is 10.6 Å². The molecular formula is C15H20N2O2. The van der Waals surface area contributed by atoms with Crippen molar-refractivity contribution in [2.24, 2.45) is 5.92 Å². The van der Waals surface area contributed by atoms with E-state index in [-0.39, 0.29) is 17.7 Å². The number of amides is 2. The molecular weight excluding hydrogens is 240 g/mol. The SMILES string of the molecule is CC(C)CC(=O)NCCC1C(=O)Nc2ccccc21. The van der Waals surface area contributed by atoms with Crippen molar-refractivity contribution in [2.45, 2.75) is 32.6 Å². The van der Waals surface area contributed by atoms with E-state index in [0.717, 1.165) is 11.3 Å². The number of nitrogens with one attached hydrogen (secondary N) is 2. The molecule has 0 aromatic heterocycles. The number of para-hydroxylation sites is 1. The van der Waals surface area contributed by atoms with E-state index in [1.165, 1.54) is 0 Å². The van der Waals surface area contributed by atoms with Gasteiger partial charge in [0.25, 0.3) is 0 Å². The van der Waals surface area contributed by atoms with Crippen molar-refractivity contribution < 1.29 is 9.59 Å². The quantitative estimate of drug-likeness (QED) is 0.853. The van der Waals surface area contributed by atoms with Crippen molar-refractivity contribution in [3.05, 3.63) is 29.8 Å². The number of rotatable bonds is 5. The lowest BCUT2D eigenvalue weighted by Crippen LogP contribution is -2.27. The molecule has 1 aliphatic heterocycles. The van der Waals surface area contributed by atoms with Gasteiger partial charge in [0.15, 0.2) is 0 Å². The molecule has 1 aromatic carbocycles. The van der Waals surface area contributed by atoms with Gasteiger partial charge in [-0.3, -0.25) is 9.59 Å². The van der Waals surface area contributed by atoms with Crippen LogP contribution in [0, 0.1) is 5.92 Å². The van der Waals surface area contributed by atoms with Crippen LogP contribution in [0.25, 0.3) is 0 Å². The zero-order chi connectivity index (χ0) is 13.8. The highest BCUT2D eigenvalue weighted by atomic mass is 16.2. The summed E-state index contributed by atoms with van der Waals surface area (Å²) in [6.45, 7) is 4.57. The molecule has 0 fully saturated rings. The van der Waals surface area contributed by atoms with E-state index < -0.39 is 0 Å². The molecule has 0 aliphatic carbocycles. The second kappa shape index (κ2) is 5.87. The van der Waals surface area contributed by atoms with E-state index in [0.29, 0.717) is 25.3 Å². The number of hydrogen-bond acceptors (Lipinski definition) is 2. The Morgan fingerprint density at radius 2 is 2.11 bits per heavy atom. The molecule has 1 atom stereocenters. The first-order chi connectivity index (χ1) is 9.08. The van der Waals surface area contributed by atoms with Crippen LogP contribution in [0.2, 0.25) is 0 Å². The summed E-state index contributed by atoms with van der Waals surface area (Å²) in [4.78, 5) is 23.4. The molecule has 4 heteroatoms. The minimum atomic E-state index is -0.143. The van der Waals surface area contributed by atoms with Gasteiger partial charge in [-0.15, -0.1) is 0 Å². The first-order valence-corrected chi connectivity index (χ1v) is 6.74. The van der Waals surface area contributed by atoms with Crippen LogP contribution in [0.1, 0.15) is 38.2 Å². The molecule has 2 N–H and O–H groups in total. The zero-order valence-corrected chi connectivity index (χ0v) is 11.4. The molecule has 0 saturated carbocycles. The van der Waals surface area contributed by atoms with E-state index in [1.54, 1.807) is 0 Å². The molecule has 2 rings (SSSR count). The van der Waals surface area contributed by atoms with Gasteiger partial charge in [-0.2, -0.15) is 0 Å². The van der Waals surface area contributed by atoms with Gasteiger partial charge in [0.1, 0.15) is 0 Å². The van der Waals surface area contributed by atoms with Gasteiger partial charge in [0, 0.05) is 18.7 Å². The van der Waals surface area contributed by atoms with Crippen LogP contribution in [0.15, 0.2) is 24.3 Å². The van der Waals surface area contributed by atoms with Crippen LogP contribution in [0.4, 0.5) is 5.69 Å². The highest BCUT2D eigenvalue weighted by molar-refractivity contribution is 6.02. The first kappa shape index (κ1) is 13.6. The smallest absolute Gasteiger partial charge is 0.232 e. The second-order valence-corrected chi connectivity index (χ2v) is 5.37. The third kappa shape index (κ3) is 3.34. The monoisotopic (exact) mass is 260 g/mol. The number of carbonyl (C=O) groups is 2. The fourth-order valence-corrected chi connectivity index (χ4v) is 2.36. The Morgan fingerprint density at radius 1 is 1.37 bits per heavy atom. The minimum Gasteiger partial charge on any atom is -0.356 e. The summed E-state index contributed by atoms with van der Waals surface area (Å²) in [6.07, 6.45) is 1.18. The van der Waals surface area contributed by atoms with Gasteiger partial charge in [-0.25, -0.2) is 0 Å². The zero-order valence-electron chi connectivity index (χ0n) is 11.4. The van der Waals surface area contributed by atoms with Crippen LogP contribution in [0.5, 0.6) is 0 Å². The maximum absolute atomic E-state index is 11.9. The van der Waals surface area contributed by atoms with Crippen molar-refractivity contribution in [3.8, 4) is 0 Å².